The van der Waals surface area contributed by atoms with Crippen LogP contribution in [0.3, 0.4) is 0 Å². The molecule has 23 heavy (non-hydrogen) atoms. The summed E-state index contributed by atoms with van der Waals surface area (Å²) in [4.78, 5) is 15.9. The minimum atomic E-state index is 0.0934. The fraction of sp³-hybridized carbons (Fsp3) is 0.588. The van der Waals surface area contributed by atoms with Gasteiger partial charge in [0.15, 0.2) is 6.29 Å². The summed E-state index contributed by atoms with van der Waals surface area (Å²) in [6.07, 6.45) is 1.58. The topological polar surface area (TPSA) is 65.0 Å². The number of hydrogen-bond acceptors (Lipinski definition) is 6. The van der Waals surface area contributed by atoms with Crippen LogP contribution in [0.15, 0.2) is 12.1 Å². The quantitative estimate of drug-likeness (QED) is 0.586. The molecule has 0 aromatic heterocycles. The van der Waals surface area contributed by atoms with Crippen LogP contribution in [0.25, 0.3) is 0 Å². The Morgan fingerprint density at radius 3 is 2.83 bits per heavy atom. The highest BCUT2D eigenvalue weighted by Gasteiger charge is 2.20. The molecule has 126 valence electrons. The average molecular weight is 319 g/mol. The van der Waals surface area contributed by atoms with Crippen molar-refractivity contribution in [2.45, 2.75) is 13.0 Å². The molecule has 2 N–H and O–H groups in total. The van der Waals surface area contributed by atoms with Crippen molar-refractivity contribution in [3.05, 3.63) is 28.8 Å². The molecule has 0 spiro atoms. The molecule has 1 aromatic rings. The zero-order valence-corrected chi connectivity index (χ0v) is 13.5. The van der Waals surface area contributed by atoms with Crippen LogP contribution in [0.5, 0.6) is 5.75 Å². The Balaban J connectivity index is 1.45. The number of fused-ring (bicyclic) bond motifs is 1. The van der Waals surface area contributed by atoms with Gasteiger partial charge in [-0.1, -0.05) is 6.07 Å². The fourth-order valence-electron chi connectivity index (χ4n) is 3.30. The van der Waals surface area contributed by atoms with Crippen molar-refractivity contribution < 1.29 is 14.6 Å². The van der Waals surface area contributed by atoms with Gasteiger partial charge in [0, 0.05) is 45.9 Å². The number of phenolic OH excluding ortho intramolecular Hbond substituents is 1. The van der Waals surface area contributed by atoms with Gasteiger partial charge >= 0.3 is 0 Å². The average Bonchev–Trinajstić information content (AvgIpc) is 2.59. The molecule has 0 atom stereocenters. The molecular weight excluding hydrogens is 294 g/mol. The summed E-state index contributed by atoms with van der Waals surface area (Å²) in [6.45, 7) is 8.33. The normalized spacial score (nSPS) is 19.5. The largest absolute Gasteiger partial charge is 0.507 e. The Morgan fingerprint density at radius 2 is 2.04 bits per heavy atom. The predicted molar refractivity (Wildman–Crippen MR) is 87.7 cm³/mol. The first-order valence-corrected chi connectivity index (χ1v) is 8.30. The SMILES string of the molecule is O=Cc1c(O)ccc2c1CCN(CNCCN1CCOCC1)C2. The van der Waals surface area contributed by atoms with E-state index in [1.807, 2.05) is 6.07 Å². The van der Waals surface area contributed by atoms with E-state index in [4.69, 9.17) is 4.74 Å². The molecule has 0 saturated carbocycles. The number of hydrogen-bond donors (Lipinski definition) is 2. The van der Waals surface area contributed by atoms with E-state index in [0.29, 0.717) is 5.56 Å². The predicted octanol–water partition coefficient (Wildman–Crippen LogP) is 0.442. The highest BCUT2D eigenvalue weighted by Crippen LogP contribution is 2.27. The van der Waals surface area contributed by atoms with Crippen LogP contribution in [0.2, 0.25) is 0 Å². The Morgan fingerprint density at radius 1 is 1.22 bits per heavy atom. The van der Waals surface area contributed by atoms with E-state index in [0.717, 1.165) is 83.0 Å². The zero-order valence-electron chi connectivity index (χ0n) is 13.5. The van der Waals surface area contributed by atoms with Crippen molar-refractivity contribution >= 4 is 6.29 Å². The summed E-state index contributed by atoms with van der Waals surface area (Å²) in [5.41, 5.74) is 2.61. The third-order valence-electron chi connectivity index (χ3n) is 4.66. The van der Waals surface area contributed by atoms with E-state index in [2.05, 4.69) is 15.1 Å². The van der Waals surface area contributed by atoms with Gasteiger partial charge in [-0.25, -0.2) is 0 Å². The number of morpholine rings is 1. The smallest absolute Gasteiger partial charge is 0.154 e. The second-order valence-corrected chi connectivity index (χ2v) is 6.17. The Labute approximate surface area is 137 Å². The summed E-state index contributed by atoms with van der Waals surface area (Å²) < 4.78 is 5.35. The molecule has 6 nitrogen and oxygen atoms in total. The molecule has 0 aliphatic carbocycles. The number of benzene rings is 1. The van der Waals surface area contributed by atoms with Gasteiger partial charge in [-0.05, 0) is 23.6 Å². The van der Waals surface area contributed by atoms with Gasteiger partial charge in [0.05, 0.1) is 18.8 Å². The maximum absolute atomic E-state index is 11.1. The van der Waals surface area contributed by atoms with Gasteiger partial charge in [0.25, 0.3) is 0 Å². The molecule has 0 amide bonds. The van der Waals surface area contributed by atoms with Crippen LogP contribution >= 0.6 is 0 Å². The molecule has 0 bridgehead atoms. The molecule has 0 radical (unpaired) electrons. The second kappa shape index (κ2) is 7.88. The molecule has 2 aliphatic heterocycles. The molecule has 1 aromatic carbocycles. The molecule has 2 aliphatic rings. The molecule has 1 fully saturated rings. The molecule has 6 heteroatoms. The van der Waals surface area contributed by atoms with Gasteiger partial charge in [-0.15, -0.1) is 0 Å². The van der Waals surface area contributed by atoms with Crippen molar-refractivity contribution in [1.82, 2.24) is 15.1 Å². The number of nitrogens with zero attached hydrogens (tertiary/aromatic N) is 2. The van der Waals surface area contributed by atoms with Crippen LogP contribution in [0, 0.1) is 0 Å². The van der Waals surface area contributed by atoms with Crippen LogP contribution in [-0.4, -0.2) is 73.8 Å². The third-order valence-corrected chi connectivity index (χ3v) is 4.66. The van der Waals surface area contributed by atoms with Crippen molar-refractivity contribution in [3.63, 3.8) is 0 Å². The summed E-state index contributed by atoms with van der Waals surface area (Å²) in [6, 6.07) is 3.55. The minimum Gasteiger partial charge on any atom is -0.507 e. The van der Waals surface area contributed by atoms with Gasteiger partial charge in [0.1, 0.15) is 5.75 Å². The lowest BCUT2D eigenvalue weighted by molar-refractivity contribution is 0.0379. The molecule has 2 heterocycles. The number of aldehydes is 1. The van der Waals surface area contributed by atoms with Gasteiger partial charge < -0.3 is 15.2 Å². The number of rotatable bonds is 6. The van der Waals surface area contributed by atoms with Crippen molar-refractivity contribution in [2.24, 2.45) is 0 Å². The van der Waals surface area contributed by atoms with E-state index in [1.165, 1.54) is 0 Å². The Bertz CT molecular complexity index is 544. The van der Waals surface area contributed by atoms with E-state index in [9.17, 15) is 9.90 Å². The third kappa shape index (κ3) is 4.09. The lowest BCUT2D eigenvalue weighted by atomic mass is 9.94. The van der Waals surface area contributed by atoms with E-state index >= 15 is 0 Å². The fourth-order valence-corrected chi connectivity index (χ4v) is 3.30. The van der Waals surface area contributed by atoms with Gasteiger partial charge in [-0.3, -0.25) is 14.6 Å². The number of aromatic hydroxyl groups is 1. The Kier molecular flexibility index (Phi) is 5.61. The first kappa shape index (κ1) is 16.4. The monoisotopic (exact) mass is 319 g/mol. The number of phenols is 1. The summed E-state index contributed by atoms with van der Waals surface area (Å²) in [7, 11) is 0. The summed E-state index contributed by atoms with van der Waals surface area (Å²) in [5.74, 6) is 0.0934. The first-order valence-electron chi connectivity index (χ1n) is 8.30. The van der Waals surface area contributed by atoms with Crippen molar-refractivity contribution in [3.8, 4) is 5.75 Å². The zero-order chi connectivity index (χ0) is 16.1. The number of nitrogens with one attached hydrogen (secondary N) is 1. The van der Waals surface area contributed by atoms with E-state index in [1.54, 1.807) is 6.07 Å². The summed E-state index contributed by atoms with van der Waals surface area (Å²) in [5, 5.41) is 13.3. The van der Waals surface area contributed by atoms with Crippen LogP contribution in [-0.2, 0) is 17.7 Å². The standard InChI is InChI=1S/C17H25N3O3/c21-12-16-15-3-5-20(11-14(15)1-2-17(16)22)13-18-4-6-19-7-9-23-10-8-19/h1-2,12,18,22H,3-11,13H2. The van der Waals surface area contributed by atoms with E-state index < -0.39 is 0 Å². The molecular formula is C17H25N3O3. The first-order chi connectivity index (χ1) is 11.3. The maximum atomic E-state index is 11.1. The summed E-state index contributed by atoms with van der Waals surface area (Å²) >= 11 is 0. The van der Waals surface area contributed by atoms with Crippen LogP contribution in [0.1, 0.15) is 21.5 Å². The van der Waals surface area contributed by atoms with Crippen LogP contribution < -0.4 is 5.32 Å². The lowest BCUT2D eigenvalue weighted by Gasteiger charge is -2.30. The van der Waals surface area contributed by atoms with E-state index in [-0.39, 0.29) is 5.75 Å². The Hall–Kier alpha value is -1.47. The minimum absolute atomic E-state index is 0.0934. The number of carbonyl (C=O) groups is 1. The number of carbonyl (C=O) groups excluding carboxylic acids is 1. The van der Waals surface area contributed by atoms with Gasteiger partial charge in [-0.2, -0.15) is 0 Å². The highest BCUT2D eigenvalue weighted by molar-refractivity contribution is 5.82. The highest BCUT2D eigenvalue weighted by atomic mass is 16.5. The lowest BCUT2D eigenvalue weighted by Crippen LogP contribution is -2.43. The molecule has 0 unspecified atom stereocenters. The van der Waals surface area contributed by atoms with Crippen LogP contribution in [0.4, 0.5) is 0 Å². The maximum Gasteiger partial charge on any atom is 0.154 e. The van der Waals surface area contributed by atoms with Crippen molar-refractivity contribution in [2.75, 3.05) is 52.6 Å². The number of ether oxygens (including phenoxy) is 1. The van der Waals surface area contributed by atoms with Gasteiger partial charge in [0.2, 0.25) is 0 Å². The molecule has 1 saturated heterocycles. The van der Waals surface area contributed by atoms with Crippen molar-refractivity contribution in [1.29, 1.82) is 0 Å². The second-order valence-electron chi connectivity index (χ2n) is 6.17. The molecule has 3 rings (SSSR count).